The van der Waals surface area contributed by atoms with Crippen LogP contribution in [0, 0.1) is 6.92 Å². The van der Waals surface area contributed by atoms with Gasteiger partial charge in [0.15, 0.2) is 0 Å². The smallest absolute Gasteiger partial charge is 0.265 e. The zero-order valence-corrected chi connectivity index (χ0v) is 19.5. The van der Waals surface area contributed by atoms with Crippen molar-refractivity contribution in [1.29, 1.82) is 0 Å². The highest BCUT2D eigenvalue weighted by molar-refractivity contribution is 7.89. The van der Waals surface area contributed by atoms with Crippen molar-refractivity contribution in [3.63, 3.8) is 0 Å². The number of thiophene rings is 1. The zero-order valence-electron chi connectivity index (χ0n) is 17.9. The summed E-state index contributed by atoms with van der Waals surface area (Å²) in [6, 6.07) is 17.9. The van der Waals surface area contributed by atoms with Crippen LogP contribution in [0.2, 0.25) is 0 Å². The fourth-order valence-electron chi connectivity index (χ4n) is 3.77. The van der Waals surface area contributed by atoms with Crippen LogP contribution in [0.15, 0.2) is 65.6 Å². The predicted molar refractivity (Wildman–Crippen MR) is 128 cm³/mol. The quantitative estimate of drug-likeness (QED) is 0.469. The summed E-state index contributed by atoms with van der Waals surface area (Å²) >= 11 is 1.35. The maximum atomic E-state index is 13.0. The Balaban J connectivity index is 1.41. The molecule has 1 amide bonds. The molecule has 0 unspecified atom stereocenters. The van der Waals surface area contributed by atoms with Crippen molar-refractivity contribution in [1.82, 2.24) is 14.1 Å². The van der Waals surface area contributed by atoms with Crippen LogP contribution in [0.5, 0.6) is 0 Å². The number of hydrogen-bond donors (Lipinski definition) is 1. The third kappa shape index (κ3) is 4.18. The van der Waals surface area contributed by atoms with Gasteiger partial charge in [-0.15, -0.1) is 11.3 Å². The maximum Gasteiger partial charge on any atom is 0.265 e. The fourth-order valence-corrected chi connectivity index (χ4v) is 6.30. The van der Waals surface area contributed by atoms with E-state index in [1.165, 1.54) is 27.8 Å². The van der Waals surface area contributed by atoms with Crippen LogP contribution in [0.1, 0.15) is 15.4 Å². The summed E-state index contributed by atoms with van der Waals surface area (Å²) in [6.45, 7) is 3.30. The number of amides is 1. The molecule has 2 aromatic carbocycles. The van der Waals surface area contributed by atoms with Gasteiger partial charge in [0.25, 0.3) is 5.91 Å². The molecule has 1 fully saturated rings. The molecule has 3 heterocycles. The van der Waals surface area contributed by atoms with Gasteiger partial charge in [-0.05, 0) is 43.3 Å². The molecule has 5 rings (SSSR count). The van der Waals surface area contributed by atoms with E-state index in [1.807, 2.05) is 48.0 Å². The first-order valence-electron chi connectivity index (χ1n) is 10.5. The van der Waals surface area contributed by atoms with Gasteiger partial charge in [0, 0.05) is 24.2 Å². The van der Waals surface area contributed by atoms with Gasteiger partial charge in [-0.25, -0.2) is 13.1 Å². The average molecular weight is 483 g/mol. The van der Waals surface area contributed by atoms with E-state index in [2.05, 4.69) is 10.4 Å². The number of benzene rings is 2. The SMILES string of the molecule is Cc1nn(-c2ccccc2)c2sc(C(=O)Nc3cccc(S(=O)(=O)N4CCOCC4)c3)cc12. The van der Waals surface area contributed by atoms with Gasteiger partial charge in [-0.1, -0.05) is 24.3 Å². The minimum absolute atomic E-state index is 0.147. The Kier molecular flexibility index (Phi) is 5.75. The Bertz CT molecular complexity index is 1420. The number of ether oxygens (including phenoxy) is 1. The second-order valence-corrected chi connectivity index (χ2v) is 10.6. The molecule has 1 aliphatic rings. The molecule has 2 aromatic heterocycles. The van der Waals surface area contributed by atoms with Crippen LogP contribution >= 0.6 is 11.3 Å². The van der Waals surface area contributed by atoms with E-state index in [1.54, 1.807) is 12.1 Å². The highest BCUT2D eigenvalue weighted by atomic mass is 32.2. The lowest BCUT2D eigenvalue weighted by Crippen LogP contribution is -2.40. The van der Waals surface area contributed by atoms with Crippen molar-refractivity contribution in [2.45, 2.75) is 11.8 Å². The molecule has 4 aromatic rings. The minimum Gasteiger partial charge on any atom is -0.379 e. The third-order valence-corrected chi connectivity index (χ3v) is 8.47. The van der Waals surface area contributed by atoms with Crippen LogP contribution in [0.4, 0.5) is 5.69 Å². The first-order valence-corrected chi connectivity index (χ1v) is 12.7. The normalized spacial score (nSPS) is 15.1. The number of aromatic nitrogens is 2. The van der Waals surface area contributed by atoms with Gasteiger partial charge in [0.2, 0.25) is 10.0 Å². The summed E-state index contributed by atoms with van der Waals surface area (Å²) in [4.78, 5) is 14.6. The standard InChI is InChI=1S/C23H22N4O4S2/c1-16-20-15-21(32-23(20)27(25-16)18-7-3-2-4-8-18)22(28)24-17-6-5-9-19(14-17)33(29,30)26-10-12-31-13-11-26/h2-9,14-15H,10-13H2,1H3,(H,24,28). The van der Waals surface area contributed by atoms with Crippen LogP contribution < -0.4 is 5.32 Å². The van der Waals surface area contributed by atoms with Gasteiger partial charge < -0.3 is 10.1 Å². The number of hydrogen-bond acceptors (Lipinski definition) is 6. The number of carbonyl (C=O) groups excluding carboxylic acids is 1. The topological polar surface area (TPSA) is 93.5 Å². The van der Waals surface area contributed by atoms with Crippen molar-refractivity contribution >= 4 is 43.2 Å². The number of rotatable bonds is 5. The number of fused-ring (bicyclic) bond motifs is 1. The predicted octanol–water partition coefficient (Wildman–Crippen LogP) is 3.67. The summed E-state index contributed by atoms with van der Waals surface area (Å²) in [6.07, 6.45) is 0. The number of para-hydroxylation sites is 1. The van der Waals surface area contributed by atoms with Crippen molar-refractivity contribution in [2.24, 2.45) is 0 Å². The molecule has 1 N–H and O–H groups in total. The molecule has 1 saturated heterocycles. The number of nitrogens with one attached hydrogen (secondary N) is 1. The largest absolute Gasteiger partial charge is 0.379 e. The molecule has 33 heavy (non-hydrogen) atoms. The highest BCUT2D eigenvalue weighted by Crippen LogP contribution is 2.31. The molecule has 10 heteroatoms. The molecule has 8 nitrogen and oxygen atoms in total. The van der Waals surface area contributed by atoms with E-state index >= 15 is 0 Å². The van der Waals surface area contributed by atoms with Crippen molar-refractivity contribution in [2.75, 3.05) is 31.6 Å². The Hall–Kier alpha value is -3.05. The van der Waals surface area contributed by atoms with E-state index < -0.39 is 10.0 Å². The van der Waals surface area contributed by atoms with Crippen molar-refractivity contribution in [3.8, 4) is 5.69 Å². The van der Waals surface area contributed by atoms with Crippen molar-refractivity contribution < 1.29 is 17.9 Å². The van der Waals surface area contributed by atoms with Gasteiger partial charge in [0.1, 0.15) is 4.83 Å². The molecule has 0 atom stereocenters. The maximum absolute atomic E-state index is 13.0. The van der Waals surface area contributed by atoms with E-state index in [0.717, 1.165) is 21.6 Å². The summed E-state index contributed by atoms with van der Waals surface area (Å²) in [5, 5.41) is 8.35. The number of morpholine rings is 1. The van der Waals surface area contributed by atoms with Crippen molar-refractivity contribution in [3.05, 3.63) is 71.2 Å². The summed E-state index contributed by atoms with van der Waals surface area (Å²) in [5.41, 5.74) is 2.18. The number of sulfonamides is 1. The van der Waals surface area contributed by atoms with Crippen LogP contribution in [0.25, 0.3) is 15.9 Å². The molecule has 0 bridgehead atoms. The van der Waals surface area contributed by atoms with E-state index in [9.17, 15) is 13.2 Å². The Morgan fingerprint density at radius 2 is 1.82 bits per heavy atom. The van der Waals surface area contributed by atoms with Crippen LogP contribution in [-0.2, 0) is 14.8 Å². The number of aryl methyl sites for hydroxylation is 1. The summed E-state index contributed by atoms with van der Waals surface area (Å²) < 4.78 is 34.4. The number of nitrogens with zero attached hydrogens (tertiary/aromatic N) is 3. The highest BCUT2D eigenvalue weighted by Gasteiger charge is 2.26. The molecule has 0 saturated carbocycles. The molecular weight excluding hydrogens is 460 g/mol. The molecule has 170 valence electrons. The van der Waals surface area contributed by atoms with Gasteiger partial charge >= 0.3 is 0 Å². The zero-order chi connectivity index (χ0) is 23.0. The molecule has 0 radical (unpaired) electrons. The number of carbonyl (C=O) groups is 1. The minimum atomic E-state index is -3.65. The van der Waals surface area contributed by atoms with E-state index in [4.69, 9.17) is 4.74 Å². The summed E-state index contributed by atoms with van der Waals surface area (Å²) in [5.74, 6) is -0.295. The first kappa shape index (κ1) is 21.8. The third-order valence-electron chi connectivity index (χ3n) is 5.47. The lowest BCUT2D eigenvalue weighted by molar-refractivity contribution is 0.0730. The molecule has 0 aliphatic carbocycles. The second-order valence-electron chi connectivity index (χ2n) is 7.66. The fraction of sp³-hybridized carbons (Fsp3) is 0.217. The van der Waals surface area contributed by atoms with Gasteiger partial charge in [-0.3, -0.25) is 4.79 Å². The average Bonchev–Trinajstić information content (AvgIpc) is 3.41. The van der Waals surface area contributed by atoms with E-state index in [-0.39, 0.29) is 10.8 Å². The monoisotopic (exact) mass is 482 g/mol. The molecule has 0 spiro atoms. The Morgan fingerprint density at radius 3 is 2.58 bits per heavy atom. The van der Waals surface area contributed by atoms with E-state index in [0.29, 0.717) is 36.9 Å². The van der Waals surface area contributed by atoms with Crippen LogP contribution in [-0.4, -0.2) is 54.7 Å². The van der Waals surface area contributed by atoms with Gasteiger partial charge in [0.05, 0.1) is 34.4 Å². The van der Waals surface area contributed by atoms with Gasteiger partial charge in [-0.2, -0.15) is 9.40 Å². The Labute approximate surface area is 195 Å². The molecular formula is C23H22N4O4S2. The Morgan fingerprint density at radius 1 is 1.06 bits per heavy atom. The van der Waals surface area contributed by atoms with Crippen LogP contribution in [0.3, 0.4) is 0 Å². The second kappa shape index (κ2) is 8.71. The molecule has 1 aliphatic heterocycles. The summed E-state index contributed by atoms with van der Waals surface area (Å²) in [7, 11) is -3.65. The lowest BCUT2D eigenvalue weighted by atomic mass is 10.3. The number of anilines is 1. The lowest BCUT2D eigenvalue weighted by Gasteiger charge is -2.26. The first-order chi connectivity index (χ1) is 15.9.